The summed E-state index contributed by atoms with van der Waals surface area (Å²) in [5.74, 6) is -2.15. The molecule has 2 atom stereocenters. The number of likely N-dealkylation sites (N-methyl/N-ethyl adjacent to an activating group) is 1. The monoisotopic (exact) mass is 429 g/mol. The number of hydrogen-bond acceptors (Lipinski definition) is 4. The first-order chi connectivity index (χ1) is 14.7. The lowest BCUT2D eigenvalue weighted by Crippen LogP contribution is -2.55. The first-order valence-electron chi connectivity index (χ1n) is 10.5. The third-order valence-corrected chi connectivity index (χ3v) is 5.42. The fraction of sp³-hybridized carbons (Fsp3) is 0.458. The quantitative estimate of drug-likeness (QED) is 0.220. The van der Waals surface area contributed by atoms with Gasteiger partial charge in [0.25, 0.3) is 5.91 Å². The van der Waals surface area contributed by atoms with Crippen LogP contribution in [-0.4, -0.2) is 36.0 Å². The molecule has 0 saturated heterocycles. The molecular weight excluding hydrogens is 394 g/mol. The zero-order valence-electron chi connectivity index (χ0n) is 18.7. The molecule has 170 valence electrons. The maximum Gasteiger partial charge on any atom is 0.250 e. The van der Waals surface area contributed by atoms with E-state index in [2.05, 4.69) is 23.8 Å². The van der Waals surface area contributed by atoms with Crippen LogP contribution in [0, 0.1) is 17.3 Å². The Balaban J connectivity index is 3.34. The zero-order chi connectivity index (χ0) is 23.4. The lowest BCUT2D eigenvalue weighted by Gasteiger charge is -2.38. The number of benzene rings is 1. The SMILES string of the molecule is C=CCC(CC=C)(C(=O)NO)[C@@H](CC(C)C)C(=O)N[C@@H](Cc1ccccc1)C(=O)NC. The molecule has 31 heavy (non-hydrogen) atoms. The summed E-state index contributed by atoms with van der Waals surface area (Å²) in [7, 11) is 1.51. The molecule has 7 heteroatoms. The van der Waals surface area contributed by atoms with Gasteiger partial charge in [-0.3, -0.25) is 19.6 Å². The van der Waals surface area contributed by atoms with Crippen molar-refractivity contribution in [3.05, 3.63) is 61.2 Å². The van der Waals surface area contributed by atoms with Crippen molar-refractivity contribution in [2.75, 3.05) is 7.05 Å². The Bertz CT molecular complexity index is 751. The van der Waals surface area contributed by atoms with E-state index in [-0.39, 0.29) is 24.7 Å². The third-order valence-electron chi connectivity index (χ3n) is 5.42. The summed E-state index contributed by atoms with van der Waals surface area (Å²) in [6.45, 7) is 11.4. The van der Waals surface area contributed by atoms with Crippen LogP contribution in [0.2, 0.25) is 0 Å². The minimum atomic E-state index is -1.27. The summed E-state index contributed by atoms with van der Waals surface area (Å²) < 4.78 is 0. The lowest BCUT2D eigenvalue weighted by atomic mass is 9.66. The summed E-state index contributed by atoms with van der Waals surface area (Å²) in [5.41, 5.74) is 1.34. The number of hydroxylamine groups is 1. The Morgan fingerprint density at radius 3 is 2.10 bits per heavy atom. The van der Waals surface area contributed by atoms with Crippen LogP contribution in [-0.2, 0) is 20.8 Å². The molecule has 0 spiro atoms. The van der Waals surface area contributed by atoms with Crippen LogP contribution in [0.5, 0.6) is 0 Å². The Morgan fingerprint density at radius 1 is 1.06 bits per heavy atom. The fourth-order valence-corrected chi connectivity index (χ4v) is 3.90. The normalized spacial score (nSPS) is 13.1. The number of carbonyl (C=O) groups is 3. The van der Waals surface area contributed by atoms with Gasteiger partial charge in [-0.2, -0.15) is 0 Å². The van der Waals surface area contributed by atoms with Crippen LogP contribution >= 0.6 is 0 Å². The summed E-state index contributed by atoms with van der Waals surface area (Å²) in [5, 5.41) is 14.9. The molecule has 0 heterocycles. The van der Waals surface area contributed by atoms with Crippen molar-refractivity contribution in [2.24, 2.45) is 17.3 Å². The number of nitrogens with one attached hydrogen (secondary N) is 3. The lowest BCUT2D eigenvalue weighted by molar-refractivity contribution is -0.150. The van der Waals surface area contributed by atoms with E-state index in [1.807, 2.05) is 44.2 Å². The molecule has 1 rings (SSSR count). The van der Waals surface area contributed by atoms with E-state index in [1.165, 1.54) is 7.05 Å². The van der Waals surface area contributed by atoms with Crippen LogP contribution < -0.4 is 16.1 Å². The number of carbonyl (C=O) groups excluding carboxylic acids is 3. The minimum Gasteiger partial charge on any atom is -0.357 e. The molecule has 0 fully saturated rings. The smallest absolute Gasteiger partial charge is 0.250 e. The second-order valence-corrected chi connectivity index (χ2v) is 8.13. The largest absolute Gasteiger partial charge is 0.357 e. The molecule has 0 unspecified atom stereocenters. The van der Waals surface area contributed by atoms with Gasteiger partial charge in [0, 0.05) is 13.5 Å². The number of amides is 3. The molecule has 1 aromatic carbocycles. The van der Waals surface area contributed by atoms with Crippen LogP contribution in [0.4, 0.5) is 0 Å². The number of hydrogen-bond donors (Lipinski definition) is 4. The van der Waals surface area contributed by atoms with Crippen molar-refractivity contribution < 1.29 is 19.6 Å². The topological polar surface area (TPSA) is 108 Å². The molecule has 0 saturated carbocycles. The van der Waals surface area contributed by atoms with Crippen molar-refractivity contribution in [1.29, 1.82) is 0 Å². The zero-order valence-corrected chi connectivity index (χ0v) is 18.7. The van der Waals surface area contributed by atoms with Gasteiger partial charge < -0.3 is 10.6 Å². The van der Waals surface area contributed by atoms with E-state index in [9.17, 15) is 19.6 Å². The van der Waals surface area contributed by atoms with E-state index in [0.717, 1.165) is 5.56 Å². The van der Waals surface area contributed by atoms with E-state index in [1.54, 1.807) is 17.6 Å². The van der Waals surface area contributed by atoms with Gasteiger partial charge in [0.15, 0.2) is 0 Å². The van der Waals surface area contributed by atoms with Crippen LogP contribution in [0.15, 0.2) is 55.6 Å². The number of allylic oxidation sites excluding steroid dienone is 2. The van der Waals surface area contributed by atoms with E-state index in [0.29, 0.717) is 12.8 Å². The highest BCUT2D eigenvalue weighted by molar-refractivity contribution is 5.93. The predicted molar refractivity (Wildman–Crippen MR) is 121 cm³/mol. The van der Waals surface area contributed by atoms with Gasteiger partial charge in [-0.1, -0.05) is 56.3 Å². The van der Waals surface area contributed by atoms with Crippen LogP contribution in [0.1, 0.15) is 38.7 Å². The highest BCUT2D eigenvalue weighted by Crippen LogP contribution is 2.40. The van der Waals surface area contributed by atoms with Crippen molar-refractivity contribution in [3.8, 4) is 0 Å². The molecule has 0 aromatic heterocycles. The van der Waals surface area contributed by atoms with Crippen molar-refractivity contribution in [2.45, 2.75) is 45.6 Å². The summed E-state index contributed by atoms with van der Waals surface area (Å²) in [4.78, 5) is 38.8. The average Bonchev–Trinajstić information content (AvgIpc) is 2.76. The Morgan fingerprint density at radius 2 is 1.65 bits per heavy atom. The van der Waals surface area contributed by atoms with Gasteiger partial charge in [-0.15, -0.1) is 13.2 Å². The van der Waals surface area contributed by atoms with Crippen molar-refractivity contribution >= 4 is 17.7 Å². The first-order valence-corrected chi connectivity index (χ1v) is 10.5. The van der Waals surface area contributed by atoms with E-state index >= 15 is 0 Å². The standard InChI is InChI=1S/C24H35N3O4/c1-6-13-24(14-7-2,23(30)27-31)19(15-17(3)4)21(28)26-20(22(29)25-5)16-18-11-9-8-10-12-18/h6-12,17,19-20,31H,1-2,13-16H2,3-5H3,(H,25,29)(H,26,28)(H,27,30)/t19-,20-/m0/s1. The Kier molecular flexibility index (Phi) is 10.7. The van der Waals surface area contributed by atoms with E-state index in [4.69, 9.17) is 0 Å². The highest BCUT2D eigenvalue weighted by atomic mass is 16.5. The van der Waals surface area contributed by atoms with Crippen LogP contribution in [0.3, 0.4) is 0 Å². The summed E-state index contributed by atoms with van der Waals surface area (Å²) in [6.07, 6.45) is 4.13. The maximum absolute atomic E-state index is 13.5. The fourth-order valence-electron chi connectivity index (χ4n) is 3.90. The molecule has 7 nitrogen and oxygen atoms in total. The highest BCUT2D eigenvalue weighted by Gasteiger charge is 2.48. The van der Waals surface area contributed by atoms with Gasteiger partial charge in [0.1, 0.15) is 6.04 Å². The molecule has 0 aliphatic carbocycles. The Hall–Kier alpha value is -2.93. The van der Waals surface area contributed by atoms with Gasteiger partial charge in [-0.25, -0.2) is 5.48 Å². The molecule has 4 N–H and O–H groups in total. The summed E-state index contributed by atoms with van der Waals surface area (Å²) >= 11 is 0. The molecule has 0 aliphatic rings. The molecule has 0 radical (unpaired) electrons. The average molecular weight is 430 g/mol. The Labute approximate surface area is 185 Å². The van der Waals surface area contributed by atoms with E-state index < -0.39 is 29.2 Å². The first kappa shape index (κ1) is 26.1. The maximum atomic E-state index is 13.5. The van der Waals surface area contributed by atoms with Crippen molar-refractivity contribution in [3.63, 3.8) is 0 Å². The second kappa shape index (κ2) is 12.7. The van der Waals surface area contributed by atoms with Gasteiger partial charge >= 0.3 is 0 Å². The molecule has 1 aromatic rings. The van der Waals surface area contributed by atoms with Gasteiger partial charge in [0.2, 0.25) is 11.8 Å². The third kappa shape index (κ3) is 7.07. The molecule has 0 aliphatic heterocycles. The van der Waals surface area contributed by atoms with Crippen molar-refractivity contribution in [1.82, 2.24) is 16.1 Å². The molecule has 0 bridgehead atoms. The van der Waals surface area contributed by atoms with Gasteiger partial charge in [0.05, 0.1) is 11.3 Å². The second-order valence-electron chi connectivity index (χ2n) is 8.13. The minimum absolute atomic E-state index is 0.0869. The number of rotatable bonds is 13. The van der Waals surface area contributed by atoms with Gasteiger partial charge in [-0.05, 0) is 30.7 Å². The predicted octanol–water partition coefficient (Wildman–Crippen LogP) is 2.77. The molecular formula is C24H35N3O4. The molecule has 3 amide bonds. The summed E-state index contributed by atoms with van der Waals surface area (Å²) in [6, 6.07) is 8.56. The van der Waals surface area contributed by atoms with Crippen LogP contribution in [0.25, 0.3) is 0 Å².